The van der Waals surface area contributed by atoms with Gasteiger partial charge < -0.3 is 5.32 Å². The lowest BCUT2D eigenvalue weighted by Crippen LogP contribution is -2.38. The summed E-state index contributed by atoms with van der Waals surface area (Å²) >= 11 is 7.57. The minimum Gasteiger partial charge on any atom is -0.307 e. The molecule has 80 valence electrons. The first-order chi connectivity index (χ1) is 6.53. The second-order valence-electron chi connectivity index (χ2n) is 4.22. The Kier molecular flexibility index (Phi) is 4.42. The van der Waals surface area contributed by atoms with Crippen LogP contribution in [0.4, 0.5) is 0 Å². The van der Waals surface area contributed by atoms with Crippen LogP contribution in [0.3, 0.4) is 0 Å². The largest absolute Gasteiger partial charge is 0.307 e. The molecule has 1 N–H and O–H groups in total. The van der Waals surface area contributed by atoms with Crippen LogP contribution in [0.1, 0.15) is 38.5 Å². The summed E-state index contributed by atoms with van der Waals surface area (Å²) in [6.07, 6.45) is 2.41. The maximum absolute atomic E-state index is 5.85. The molecule has 1 aromatic heterocycles. The molecule has 0 saturated heterocycles. The van der Waals surface area contributed by atoms with Crippen LogP contribution in [0, 0.1) is 0 Å². The van der Waals surface area contributed by atoms with Gasteiger partial charge in [-0.25, -0.2) is 0 Å². The molecule has 0 bridgehead atoms. The Morgan fingerprint density at radius 3 is 2.71 bits per heavy atom. The highest BCUT2D eigenvalue weighted by Gasteiger charge is 2.15. The Hall–Kier alpha value is -0.0500. The van der Waals surface area contributed by atoms with Crippen molar-refractivity contribution in [2.24, 2.45) is 0 Å². The van der Waals surface area contributed by atoms with Gasteiger partial charge in [-0.15, -0.1) is 11.3 Å². The SMILES string of the molecule is CCCC(C)(C)NCc1cc(Cl)cs1. The highest BCUT2D eigenvalue weighted by Crippen LogP contribution is 2.20. The van der Waals surface area contributed by atoms with Crippen molar-refractivity contribution in [3.63, 3.8) is 0 Å². The Labute approximate surface area is 95.5 Å². The molecule has 0 fully saturated rings. The second-order valence-corrected chi connectivity index (χ2v) is 5.65. The third-order valence-electron chi connectivity index (χ3n) is 2.24. The number of rotatable bonds is 5. The van der Waals surface area contributed by atoms with Gasteiger partial charge >= 0.3 is 0 Å². The van der Waals surface area contributed by atoms with E-state index in [9.17, 15) is 0 Å². The van der Waals surface area contributed by atoms with Gasteiger partial charge in [0.25, 0.3) is 0 Å². The van der Waals surface area contributed by atoms with Gasteiger partial charge in [0, 0.05) is 22.3 Å². The fraction of sp³-hybridized carbons (Fsp3) is 0.636. The van der Waals surface area contributed by atoms with E-state index in [1.165, 1.54) is 17.7 Å². The molecule has 1 heterocycles. The van der Waals surface area contributed by atoms with Crippen molar-refractivity contribution in [2.75, 3.05) is 0 Å². The van der Waals surface area contributed by atoms with Crippen LogP contribution in [0.25, 0.3) is 0 Å². The topological polar surface area (TPSA) is 12.0 Å². The molecule has 14 heavy (non-hydrogen) atoms. The van der Waals surface area contributed by atoms with Crippen LogP contribution in [0.15, 0.2) is 11.4 Å². The van der Waals surface area contributed by atoms with Gasteiger partial charge in [0.1, 0.15) is 0 Å². The summed E-state index contributed by atoms with van der Waals surface area (Å²) in [5, 5.41) is 6.37. The Morgan fingerprint density at radius 1 is 1.50 bits per heavy atom. The molecule has 0 saturated carbocycles. The molecule has 0 aromatic carbocycles. The zero-order chi connectivity index (χ0) is 10.6. The molecule has 1 nitrogen and oxygen atoms in total. The summed E-state index contributed by atoms with van der Waals surface area (Å²) in [5.41, 5.74) is 0.227. The van der Waals surface area contributed by atoms with E-state index in [0.29, 0.717) is 0 Å². The second kappa shape index (κ2) is 5.15. The molecule has 0 radical (unpaired) electrons. The molecule has 0 spiro atoms. The summed E-state index contributed by atoms with van der Waals surface area (Å²) < 4.78 is 0. The minimum atomic E-state index is 0.227. The average Bonchev–Trinajstić information content (AvgIpc) is 2.48. The molecule has 0 aliphatic carbocycles. The molecular weight excluding hydrogens is 214 g/mol. The normalized spacial score (nSPS) is 12.0. The summed E-state index contributed by atoms with van der Waals surface area (Å²) in [7, 11) is 0. The molecule has 1 aromatic rings. The first-order valence-corrected chi connectivity index (χ1v) is 6.27. The predicted octanol–water partition coefficient (Wildman–Crippen LogP) is 4.07. The van der Waals surface area contributed by atoms with Gasteiger partial charge in [-0.05, 0) is 26.3 Å². The maximum atomic E-state index is 5.85. The van der Waals surface area contributed by atoms with Crippen molar-refractivity contribution in [3.8, 4) is 0 Å². The number of halogens is 1. The number of nitrogens with one attached hydrogen (secondary N) is 1. The monoisotopic (exact) mass is 231 g/mol. The highest BCUT2D eigenvalue weighted by atomic mass is 35.5. The lowest BCUT2D eigenvalue weighted by molar-refractivity contribution is 0.358. The van der Waals surface area contributed by atoms with Crippen molar-refractivity contribution in [3.05, 3.63) is 21.3 Å². The lowest BCUT2D eigenvalue weighted by Gasteiger charge is -2.25. The average molecular weight is 232 g/mol. The maximum Gasteiger partial charge on any atom is 0.0516 e. The Balaban J connectivity index is 2.40. The molecule has 3 heteroatoms. The molecule has 0 atom stereocenters. The summed E-state index contributed by atoms with van der Waals surface area (Å²) in [6, 6.07) is 2.03. The van der Waals surface area contributed by atoms with E-state index >= 15 is 0 Å². The summed E-state index contributed by atoms with van der Waals surface area (Å²) in [5.74, 6) is 0. The Morgan fingerprint density at radius 2 is 2.21 bits per heavy atom. The van der Waals surface area contributed by atoms with Crippen molar-refractivity contribution in [1.29, 1.82) is 0 Å². The first kappa shape index (κ1) is 12.0. The quantitative estimate of drug-likeness (QED) is 0.806. The third-order valence-corrected chi connectivity index (χ3v) is 3.52. The third kappa shape index (κ3) is 3.99. The van der Waals surface area contributed by atoms with Crippen LogP contribution in [-0.4, -0.2) is 5.54 Å². The van der Waals surface area contributed by atoms with E-state index in [-0.39, 0.29) is 5.54 Å². The first-order valence-electron chi connectivity index (χ1n) is 5.01. The zero-order valence-electron chi connectivity index (χ0n) is 9.06. The number of hydrogen-bond donors (Lipinski definition) is 1. The fourth-order valence-electron chi connectivity index (χ4n) is 1.49. The van der Waals surface area contributed by atoms with E-state index in [4.69, 9.17) is 11.6 Å². The molecule has 0 amide bonds. The van der Waals surface area contributed by atoms with Gasteiger partial charge in [0.2, 0.25) is 0 Å². The molecule has 0 aliphatic heterocycles. The van der Waals surface area contributed by atoms with Crippen molar-refractivity contribution in [2.45, 2.75) is 45.7 Å². The van der Waals surface area contributed by atoms with Gasteiger partial charge in [-0.2, -0.15) is 0 Å². The van der Waals surface area contributed by atoms with E-state index in [2.05, 4.69) is 26.1 Å². The molecule has 0 aliphatic rings. The van der Waals surface area contributed by atoms with Gasteiger partial charge in [-0.1, -0.05) is 24.9 Å². The van der Waals surface area contributed by atoms with Crippen LogP contribution >= 0.6 is 22.9 Å². The van der Waals surface area contributed by atoms with E-state index in [0.717, 1.165) is 11.6 Å². The summed E-state index contributed by atoms with van der Waals surface area (Å²) in [6.45, 7) is 7.62. The van der Waals surface area contributed by atoms with E-state index in [1.807, 2.05) is 11.4 Å². The molecular formula is C11H18ClNS. The van der Waals surface area contributed by atoms with Crippen molar-refractivity contribution < 1.29 is 0 Å². The lowest BCUT2D eigenvalue weighted by atomic mass is 9.99. The molecule has 0 unspecified atom stereocenters. The zero-order valence-corrected chi connectivity index (χ0v) is 10.6. The van der Waals surface area contributed by atoms with Crippen molar-refractivity contribution in [1.82, 2.24) is 5.32 Å². The standard InChI is InChI=1S/C11H18ClNS/c1-4-5-11(2,3)13-7-10-6-9(12)8-14-10/h6,8,13H,4-5,7H2,1-3H3. The van der Waals surface area contributed by atoms with E-state index in [1.54, 1.807) is 11.3 Å². The van der Waals surface area contributed by atoms with Crippen LogP contribution < -0.4 is 5.32 Å². The van der Waals surface area contributed by atoms with Crippen LogP contribution in [0.5, 0.6) is 0 Å². The smallest absolute Gasteiger partial charge is 0.0516 e. The minimum absolute atomic E-state index is 0.227. The predicted molar refractivity (Wildman–Crippen MR) is 65.2 cm³/mol. The van der Waals surface area contributed by atoms with Crippen LogP contribution in [0.2, 0.25) is 5.02 Å². The summed E-state index contributed by atoms with van der Waals surface area (Å²) in [4.78, 5) is 1.30. The van der Waals surface area contributed by atoms with E-state index < -0.39 is 0 Å². The number of thiophene rings is 1. The van der Waals surface area contributed by atoms with Gasteiger partial charge in [0.15, 0.2) is 0 Å². The number of hydrogen-bond acceptors (Lipinski definition) is 2. The Bertz CT molecular complexity index is 281. The van der Waals surface area contributed by atoms with Gasteiger partial charge in [0.05, 0.1) is 5.02 Å². The molecule has 1 rings (SSSR count). The van der Waals surface area contributed by atoms with Crippen molar-refractivity contribution >= 4 is 22.9 Å². The highest BCUT2D eigenvalue weighted by molar-refractivity contribution is 7.10. The van der Waals surface area contributed by atoms with Crippen LogP contribution in [-0.2, 0) is 6.54 Å². The van der Waals surface area contributed by atoms with Gasteiger partial charge in [-0.3, -0.25) is 0 Å². The fourth-order valence-corrected chi connectivity index (χ4v) is 2.50.